The highest BCUT2D eigenvalue weighted by Crippen LogP contribution is 2.46. The molecule has 3 rings (SSSR count). The van der Waals surface area contributed by atoms with E-state index >= 15 is 0 Å². The minimum Gasteiger partial charge on any atom is -0.489 e. The lowest BCUT2D eigenvalue weighted by molar-refractivity contribution is 0.0600. The smallest absolute Gasteiger partial charge is 0.338 e. The topological polar surface area (TPSA) is 76.8 Å². The number of anilines is 2. The van der Waals surface area contributed by atoms with E-state index in [1.165, 1.54) is 7.11 Å². The molecule has 0 fully saturated rings. The summed E-state index contributed by atoms with van der Waals surface area (Å²) in [5.41, 5.74) is 8.38. The summed E-state index contributed by atoms with van der Waals surface area (Å²) in [5.74, 6) is 0.285. The number of carbonyl (C=O) groups is 1. The van der Waals surface area contributed by atoms with Crippen molar-refractivity contribution in [3.05, 3.63) is 29.8 Å². The van der Waals surface area contributed by atoms with Crippen LogP contribution in [-0.4, -0.2) is 32.0 Å². The van der Waals surface area contributed by atoms with Crippen molar-refractivity contribution in [3.63, 3.8) is 0 Å². The molecule has 6 heteroatoms. The quantitative estimate of drug-likeness (QED) is 0.651. The van der Waals surface area contributed by atoms with Crippen LogP contribution < -0.4 is 20.7 Å². The molecule has 112 valence electrons. The van der Waals surface area contributed by atoms with Crippen molar-refractivity contribution in [2.45, 2.75) is 25.7 Å². The lowest BCUT2D eigenvalue weighted by Gasteiger charge is -2.37. The molecule has 0 spiro atoms. The number of nitrogens with two attached hydrogens (primary N) is 1. The Balaban J connectivity index is 2.00. The maximum Gasteiger partial charge on any atom is 0.338 e. The first-order valence-electron chi connectivity index (χ1n) is 6.96. The number of nitrogens with zero attached hydrogens (tertiary/aromatic N) is 1. The Morgan fingerprint density at radius 3 is 3.14 bits per heavy atom. The molecule has 0 amide bonds. The van der Waals surface area contributed by atoms with Gasteiger partial charge in [0.15, 0.2) is 6.29 Å². The molecule has 0 bridgehead atoms. The van der Waals surface area contributed by atoms with Gasteiger partial charge >= 0.3 is 5.97 Å². The van der Waals surface area contributed by atoms with E-state index in [-0.39, 0.29) is 18.3 Å². The van der Waals surface area contributed by atoms with Crippen molar-refractivity contribution in [3.8, 4) is 5.75 Å². The third-order valence-corrected chi connectivity index (χ3v) is 3.83. The number of allylic oxidation sites excluding steroid dienone is 1. The average Bonchev–Trinajstić information content (AvgIpc) is 2.83. The number of benzene rings is 1. The zero-order chi connectivity index (χ0) is 15.0. The molecule has 3 N–H and O–H groups in total. The second-order valence-corrected chi connectivity index (χ2v) is 5.13. The van der Waals surface area contributed by atoms with Crippen LogP contribution in [-0.2, 0) is 4.74 Å². The molecule has 2 atom stereocenters. The van der Waals surface area contributed by atoms with Gasteiger partial charge in [-0.25, -0.2) is 4.79 Å². The molecule has 0 saturated heterocycles. The van der Waals surface area contributed by atoms with Gasteiger partial charge in [-0.2, -0.15) is 0 Å². The van der Waals surface area contributed by atoms with E-state index in [1.807, 2.05) is 13.0 Å². The fraction of sp³-hybridized carbons (Fsp3) is 0.400. The summed E-state index contributed by atoms with van der Waals surface area (Å²) in [6, 6.07) is 3.65. The summed E-state index contributed by atoms with van der Waals surface area (Å²) in [5, 5.41) is 3.20. The molecule has 0 aromatic heterocycles. The minimum absolute atomic E-state index is 0.182. The van der Waals surface area contributed by atoms with Gasteiger partial charge in [0.1, 0.15) is 18.0 Å². The van der Waals surface area contributed by atoms with Crippen molar-refractivity contribution in [1.82, 2.24) is 0 Å². The first-order valence-corrected chi connectivity index (χ1v) is 6.96. The third-order valence-electron chi connectivity index (χ3n) is 3.83. The standard InChI is InChI=1S/C15H19N3O3/c1-3-4-5-10-8-21-12-7-9(14(19)20-2)6-11-13(12)18(10)15(16)17-11/h3-4,6-7,10,15,17H,5,8,16H2,1-2H3/t10-,15?/m0/s1. The Kier molecular flexibility index (Phi) is 3.47. The molecule has 0 radical (unpaired) electrons. The highest BCUT2D eigenvalue weighted by molar-refractivity contribution is 5.95. The molecule has 2 aliphatic rings. The second kappa shape index (κ2) is 5.29. The van der Waals surface area contributed by atoms with Crippen LogP contribution in [0.25, 0.3) is 0 Å². The summed E-state index contributed by atoms with van der Waals surface area (Å²) in [6.45, 7) is 2.53. The van der Waals surface area contributed by atoms with E-state index < -0.39 is 0 Å². The van der Waals surface area contributed by atoms with Gasteiger partial charge in [0.05, 0.1) is 24.4 Å². The highest BCUT2D eigenvalue weighted by atomic mass is 16.5. The van der Waals surface area contributed by atoms with E-state index in [9.17, 15) is 4.79 Å². The molecule has 2 aliphatic heterocycles. The molecule has 1 unspecified atom stereocenters. The van der Waals surface area contributed by atoms with Crippen LogP contribution in [0.4, 0.5) is 11.4 Å². The Morgan fingerprint density at radius 1 is 1.62 bits per heavy atom. The predicted molar refractivity (Wildman–Crippen MR) is 80.6 cm³/mol. The van der Waals surface area contributed by atoms with Crippen molar-refractivity contribution in [2.75, 3.05) is 23.9 Å². The lowest BCUT2D eigenvalue weighted by Crippen LogP contribution is -2.52. The number of esters is 1. The van der Waals surface area contributed by atoms with Crippen LogP contribution >= 0.6 is 0 Å². The molecule has 1 aromatic rings. The number of hydrogen-bond donors (Lipinski definition) is 2. The Hall–Kier alpha value is -2.21. The maximum absolute atomic E-state index is 11.7. The molecular formula is C15H19N3O3. The van der Waals surface area contributed by atoms with Crippen LogP contribution in [0, 0.1) is 0 Å². The van der Waals surface area contributed by atoms with E-state index in [0.717, 1.165) is 17.8 Å². The number of ether oxygens (including phenoxy) is 2. The molecule has 0 saturated carbocycles. The first-order chi connectivity index (χ1) is 10.2. The number of nitrogens with one attached hydrogen (secondary N) is 1. The van der Waals surface area contributed by atoms with E-state index in [0.29, 0.717) is 17.9 Å². The van der Waals surface area contributed by atoms with Gasteiger partial charge < -0.3 is 19.7 Å². The SMILES string of the molecule is CC=CC[C@H]1COc2cc(C(=O)OC)cc3c2N1C(N)N3. The third kappa shape index (κ3) is 2.21. The molecule has 0 aliphatic carbocycles. The summed E-state index contributed by atoms with van der Waals surface area (Å²) in [4.78, 5) is 13.8. The average molecular weight is 289 g/mol. The van der Waals surface area contributed by atoms with Gasteiger partial charge in [0, 0.05) is 0 Å². The van der Waals surface area contributed by atoms with Crippen molar-refractivity contribution >= 4 is 17.3 Å². The Bertz CT molecular complexity index is 600. The molecule has 1 aromatic carbocycles. The minimum atomic E-state index is -0.387. The monoisotopic (exact) mass is 289 g/mol. The predicted octanol–water partition coefficient (Wildman–Crippen LogP) is 1.67. The molecule has 6 nitrogen and oxygen atoms in total. The van der Waals surface area contributed by atoms with Crippen LogP contribution in [0.3, 0.4) is 0 Å². The summed E-state index contributed by atoms with van der Waals surface area (Å²) < 4.78 is 10.6. The molecule has 21 heavy (non-hydrogen) atoms. The van der Waals surface area contributed by atoms with Gasteiger partial charge in [0.2, 0.25) is 0 Å². The van der Waals surface area contributed by atoms with E-state index in [1.54, 1.807) is 12.1 Å². The van der Waals surface area contributed by atoms with Crippen LogP contribution in [0.5, 0.6) is 5.75 Å². The van der Waals surface area contributed by atoms with E-state index in [4.69, 9.17) is 15.2 Å². The van der Waals surface area contributed by atoms with Crippen molar-refractivity contribution in [1.29, 1.82) is 0 Å². The van der Waals surface area contributed by atoms with Gasteiger partial charge in [-0.15, -0.1) is 0 Å². The fourth-order valence-electron chi connectivity index (χ4n) is 2.85. The number of rotatable bonds is 3. The first kappa shape index (κ1) is 13.8. The van der Waals surface area contributed by atoms with Crippen molar-refractivity contribution in [2.24, 2.45) is 5.73 Å². The zero-order valence-corrected chi connectivity index (χ0v) is 12.1. The van der Waals surface area contributed by atoms with Gasteiger partial charge in [-0.05, 0) is 25.5 Å². The van der Waals surface area contributed by atoms with Crippen LogP contribution in [0.2, 0.25) is 0 Å². The summed E-state index contributed by atoms with van der Waals surface area (Å²) >= 11 is 0. The zero-order valence-electron chi connectivity index (χ0n) is 12.1. The van der Waals surface area contributed by atoms with Crippen LogP contribution in [0.1, 0.15) is 23.7 Å². The number of methoxy groups -OCH3 is 1. The Labute approximate surface area is 123 Å². The lowest BCUT2D eigenvalue weighted by atomic mass is 10.1. The normalized spacial score (nSPS) is 22.7. The molecule has 2 heterocycles. The largest absolute Gasteiger partial charge is 0.489 e. The number of carbonyl (C=O) groups excluding carboxylic acids is 1. The van der Waals surface area contributed by atoms with E-state index in [2.05, 4.69) is 16.3 Å². The fourth-order valence-corrected chi connectivity index (χ4v) is 2.85. The summed E-state index contributed by atoms with van der Waals surface area (Å²) in [7, 11) is 1.36. The maximum atomic E-state index is 11.7. The van der Waals surface area contributed by atoms with Gasteiger partial charge in [-0.1, -0.05) is 12.2 Å². The second-order valence-electron chi connectivity index (χ2n) is 5.13. The highest BCUT2D eigenvalue weighted by Gasteiger charge is 2.38. The van der Waals surface area contributed by atoms with Crippen LogP contribution in [0.15, 0.2) is 24.3 Å². The van der Waals surface area contributed by atoms with Gasteiger partial charge in [0.25, 0.3) is 0 Å². The Morgan fingerprint density at radius 2 is 2.43 bits per heavy atom. The molecular weight excluding hydrogens is 270 g/mol. The number of hydrogen-bond acceptors (Lipinski definition) is 6. The van der Waals surface area contributed by atoms with Gasteiger partial charge in [-0.3, -0.25) is 5.73 Å². The van der Waals surface area contributed by atoms with Crippen molar-refractivity contribution < 1.29 is 14.3 Å². The summed E-state index contributed by atoms with van der Waals surface area (Å²) in [6.07, 6.45) is 4.67.